The zero-order valence-corrected chi connectivity index (χ0v) is 31.1. The van der Waals surface area contributed by atoms with Crippen molar-refractivity contribution in [1.82, 2.24) is 9.88 Å². The van der Waals surface area contributed by atoms with Crippen LogP contribution in [0.4, 0.5) is 5.69 Å². The molecule has 0 bridgehead atoms. The van der Waals surface area contributed by atoms with Gasteiger partial charge < -0.3 is 9.88 Å². The van der Waals surface area contributed by atoms with Crippen LogP contribution in [0.15, 0.2) is 170 Å². The predicted molar refractivity (Wildman–Crippen MR) is 231 cm³/mol. The van der Waals surface area contributed by atoms with E-state index >= 15 is 0 Å². The molecule has 0 fully saturated rings. The topological polar surface area (TPSA) is 29.0 Å². The number of aromatic nitrogens is 1. The minimum Gasteiger partial charge on any atom is -0.366 e. The monoisotopic (exact) mass is 713 g/mol. The Morgan fingerprint density at radius 2 is 1.22 bits per heavy atom. The van der Waals surface area contributed by atoms with Crippen LogP contribution in [0, 0.1) is 6.92 Å². The highest BCUT2D eigenvalue weighted by Gasteiger charge is 2.28. The van der Waals surface area contributed by atoms with Gasteiger partial charge in [-0.1, -0.05) is 133 Å². The van der Waals surface area contributed by atoms with Gasteiger partial charge in [0.05, 0.1) is 17.1 Å². The van der Waals surface area contributed by atoms with E-state index in [2.05, 4.69) is 205 Å². The molecule has 2 atom stereocenters. The first-order chi connectivity index (χ1) is 26.6. The Morgan fingerprint density at radius 1 is 0.593 bits per heavy atom. The van der Waals surface area contributed by atoms with E-state index in [1.807, 2.05) is 11.3 Å². The molecule has 7 aromatic carbocycles. The number of allylic oxidation sites excluding steroid dienone is 1. The molecule has 0 radical (unpaired) electrons. The second-order valence-corrected chi connectivity index (χ2v) is 15.3. The molecule has 1 aliphatic heterocycles. The van der Waals surface area contributed by atoms with Crippen molar-refractivity contribution in [1.29, 1.82) is 0 Å². The lowest BCUT2D eigenvalue weighted by Crippen LogP contribution is -2.37. The molecule has 0 amide bonds. The van der Waals surface area contributed by atoms with Gasteiger partial charge in [0.15, 0.2) is 0 Å². The van der Waals surface area contributed by atoms with Crippen LogP contribution in [0.1, 0.15) is 46.3 Å². The summed E-state index contributed by atoms with van der Waals surface area (Å²) in [6, 6.07) is 59.7. The third-order valence-electron chi connectivity index (χ3n) is 11.0. The lowest BCUT2D eigenvalue weighted by Gasteiger charge is -2.35. The summed E-state index contributed by atoms with van der Waals surface area (Å²) in [6.07, 6.45) is 4.35. The molecule has 0 aliphatic carbocycles. The zero-order valence-electron chi connectivity index (χ0n) is 30.3. The average molecular weight is 714 g/mol. The molecule has 1 aliphatic rings. The third kappa shape index (κ3) is 5.46. The fraction of sp³-hybridized carbons (Fsp3) is 0.0800. The second kappa shape index (κ2) is 13.3. The number of rotatable bonds is 6. The maximum Gasteiger partial charge on any atom is 0.104 e. The largest absolute Gasteiger partial charge is 0.366 e. The van der Waals surface area contributed by atoms with Crippen molar-refractivity contribution in [2.75, 3.05) is 5.32 Å². The fourth-order valence-corrected chi connectivity index (χ4v) is 9.64. The Bertz CT molecular complexity index is 2830. The van der Waals surface area contributed by atoms with Crippen molar-refractivity contribution in [3.63, 3.8) is 0 Å². The Morgan fingerprint density at radius 3 is 1.98 bits per heavy atom. The van der Waals surface area contributed by atoms with E-state index in [1.54, 1.807) is 0 Å². The van der Waals surface area contributed by atoms with Crippen LogP contribution in [0.2, 0.25) is 0 Å². The summed E-state index contributed by atoms with van der Waals surface area (Å²) in [7, 11) is 0. The molecule has 0 saturated heterocycles. The number of anilines is 1. The number of nitrogens with one attached hydrogen (secondary N) is 2. The zero-order chi connectivity index (χ0) is 36.2. The number of nitrogens with zero attached hydrogens (tertiary/aromatic N) is 1. The highest BCUT2D eigenvalue weighted by molar-refractivity contribution is 7.21. The lowest BCUT2D eigenvalue weighted by molar-refractivity contribution is 0.506. The Kier molecular flexibility index (Phi) is 8.01. The second-order valence-electron chi connectivity index (χ2n) is 14.2. The van der Waals surface area contributed by atoms with Crippen molar-refractivity contribution < 1.29 is 0 Å². The van der Waals surface area contributed by atoms with E-state index in [4.69, 9.17) is 0 Å². The predicted octanol–water partition coefficient (Wildman–Crippen LogP) is 13.5. The van der Waals surface area contributed by atoms with Crippen molar-refractivity contribution in [3.8, 4) is 27.9 Å². The van der Waals surface area contributed by atoms with Gasteiger partial charge in [0, 0.05) is 31.7 Å². The summed E-state index contributed by atoms with van der Waals surface area (Å²) in [5.41, 5.74) is 14.7. The quantitative estimate of drug-likeness (QED) is 0.180. The Hall–Kier alpha value is -6.20. The summed E-state index contributed by atoms with van der Waals surface area (Å²) in [6.45, 7) is 4.35. The molecule has 54 heavy (non-hydrogen) atoms. The van der Waals surface area contributed by atoms with Gasteiger partial charge >= 0.3 is 0 Å². The number of hydrogen-bond acceptors (Lipinski definition) is 3. The molecule has 9 aromatic rings. The van der Waals surface area contributed by atoms with Crippen LogP contribution in [-0.4, -0.2) is 4.57 Å². The summed E-state index contributed by atoms with van der Waals surface area (Å²) < 4.78 is 3.77. The summed E-state index contributed by atoms with van der Waals surface area (Å²) in [5.74, 6) is 0. The van der Waals surface area contributed by atoms with Gasteiger partial charge in [0.1, 0.15) is 6.17 Å². The van der Waals surface area contributed by atoms with E-state index in [0.717, 1.165) is 5.69 Å². The molecule has 10 rings (SSSR count). The van der Waals surface area contributed by atoms with Gasteiger partial charge in [0.25, 0.3) is 0 Å². The molecule has 3 nitrogen and oxygen atoms in total. The van der Waals surface area contributed by atoms with Gasteiger partial charge in [-0.25, -0.2) is 0 Å². The first-order valence-electron chi connectivity index (χ1n) is 18.7. The molecule has 0 saturated carbocycles. The van der Waals surface area contributed by atoms with Crippen LogP contribution < -0.4 is 10.6 Å². The Balaban J connectivity index is 1.02. The molecular weight excluding hydrogens is 675 g/mol. The molecule has 0 spiro atoms. The SMILES string of the molecule is C/C=C\c1sc2c(ccc3c2c2cc(-c4ccc(C5Nc6ccccc6C(c6ccc(-c7ccccc7)cc6)N5)cc4)ccc2n3-c2ccccc2)c1C. The highest BCUT2D eigenvalue weighted by atomic mass is 32.1. The molecule has 2 N–H and O–H groups in total. The van der Waals surface area contributed by atoms with E-state index in [9.17, 15) is 0 Å². The Labute approximate surface area is 319 Å². The summed E-state index contributed by atoms with van der Waals surface area (Å²) in [5, 5.41) is 11.7. The standard InChI is InChI=1S/C50H39N3S/c1-3-12-46-32(2)40-28-30-45-47(49(40)54-46)42-31-38(27-29-44(42)53(45)39-15-8-5-9-16-39)35-21-25-37(26-22-35)50-51-43-18-11-10-17-41(43)48(52-50)36-23-19-34(20-24-36)33-13-6-4-7-14-33/h3-31,48,50-52H,1-2H3/b12-3-. The molecule has 3 heterocycles. The van der Waals surface area contributed by atoms with Crippen LogP contribution >= 0.6 is 11.3 Å². The number of benzene rings is 7. The third-order valence-corrected chi connectivity index (χ3v) is 12.3. The molecule has 260 valence electrons. The minimum atomic E-state index is -0.0409. The molecule has 2 unspecified atom stereocenters. The first kappa shape index (κ1) is 32.5. The van der Waals surface area contributed by atoms with Crippen LogP contribution in [0.5, 0.6) is 0 Å². The van der Waals surface area contributed by atoms with Gasteiger partial charge in [0.2, 0.25) is 0 Å². The van der Waals surface area contributed by atoms with Gasteiger partial charge in [-0.3, -0.25) is 5.32 Å². The number of fused-ring (bicyclic) bond motifs is 6. The summed E-state index contributed by atoms with van der Waals surface area (Å²) >= 11 is 1.90. The molecular formula is C50H39N3S. The maximum absolute atomic E-state index is 3.94. The number of hydrogen-bond donors (Lipinski definition) is 2. The average Bonchev–Trinajstić information content (AvgIpc) is 3.74. The minimum absolute atomic E-state index is 0.0409. The first-order valence-corrected chi connectivity index (χ1v) is 19.5. The van der Waals surface area contributed by atoms with E-state index in [0.29, 0.717) is 0 Å². The van der Waals surface area contributed by atoms with E-state index in [1.165, 1.54) is 87.0 Å². The number of thiophene rings is 1. The summed E-state index contributed by atoms with van der Waals surface area (Å²) in [4.78, 5) is 1.33. The number of aryl methyl sites for hydroxylation is 1. The van der Waals surface area contributed by atoms with Crippen LogP contribution in [0.25, 0.3) is 65.9 Å². The molecule has 2 aromatic heterocycles. The van der Waals surface area contributed by atoms with Gasteiger partial charge in [-0.05, 0) is 106 Å². The smallest absolute Gasteiger partial charge is 0.104 e. The normalized spacial score (nSPS) is 15.6. The van der Waals surface area contributed by atoms with Crippen molar-refractivity contribution in [2.24, 2.45) is 0 Å². The lowest BCUT2D eigenvalue weighted by atomic mass is 9.92. The van der Waals surface area contributed by atoms with Gasteiger partial charge in [-0.15, -0.1) is 11.3 Å². The van der Waals surface area contributed by atoms with E-state index in [-0.39, 0.29) is 12.2 Å². The van der Waals surface area contributed by atoms with E-state index < -0.39 is 0 Å². The number of para-hydroxylation sites is 2. The van der Waals surface area contributed by atoms with Crippen molar-refractivity contribution in [2.45, 2.75) is 26.1 Å². The van der Waals surface area contributed by atoms with Crippen LogP contribution in [0.3, 0.4) is 0 Å². The van der Waals surface area contributed by atoms with Crippen molar-refractivity contribution in [3.05, 3.63) is 197 Å². The van der Waals surface area contributed by atoms with Crippen LogP contribution in [-0.2, 0) is 0 Å². The highest BCUT2D eigenvalue weighted by Crippen LogP contribution is 2.44. The fourth-order valence-electron chi connectivity index (χ4n) is 8.30. The maximum atomic E-state index is 3.94. The van der Waals surface area contributed by atoms with Crippen molar-refractivity contribution >= 4 is 55.0 Å². The molecule has 4 heteroatoms. The van der Waals surface area contributed by atoms with Gasteiger partial charge in [-0.2, -0.15) is 0 Å².